The Bertz CT molecular complexity index is 487. The van der Waals surface area contributed by atoms with Gasteiger partial charge in [-0.2, -0.15) is 0 Å². The van der Waals surface area contributed by atoms with Crippen molar-refractivity contribution in [1.82, 2.24) is 9.88 Å². The number of likely N-dealkylation sites (tertiary alicyclic amines) is 1. The van der Waals surface area contributed by atoms with E-state index in [4.69, 9.17) is 5.11 Å². The van der Waals surface area contributed by atoms with E-state index in [1.54, 1.807) is 17.0 Å². The molecule has 0 saturated carbocycles. The highest BCUT2D eigenvalue weighted by molar-refractivity contribution is 5.85. The quantitative estimate of drug-likeness (QED) is 0.880. The lowest BCUT2D eigenvalue weighted by molar-refractivity contribution is -0.128. The van der Waals surface area contributed by atoms with E-state index in [2.05, 4.69) is 11.9 Å². The average Bonchev–Trinajstić information content (AvgIpc) is 2.70. The maximum absolute atomic E-state index is 11.9. The van der Waals surface area contributed by atoms with E-state index in [0.29, 0.717) is 24.6 Å². The standard InChI is InChI=1S/C14H18N2O3/c1-2-4-10-7-13(17)16(8-10)9-11-5-3-6-12(15-11)14(18)19/h3,5-6,10H,2,4,7-9H2,1H3,(H,18,19). The zero-order chi connectivity index (χ0) is 13.8. The number of carbonyl (C=O) groups is 2. The predicted molar refractivity (Wildman–Crippen MR) is 69.6 cm³/mol. The molecule has 0 radical (unpaired) electrons. The van der Waals surface area contributed by atoms with Crippen molar-refractivity contribution in [2.45, 2.75) is 32.7 Å². The van der Waals surface area contributed by atoms with Crippen LogP contribution >= 0.6 is 0 Å². The molecule has 1 N–H and O–H groups in total. The number of nitrogens with zero attached hydrogens (tertiary/aromatic N) is 2. The fourth-order valence-corrected chi connectivity index (χ4v) is 2.49. The van der Waals surface area contributed by atoms with Crippen molar-refractivity contribution in [2.24, 2.45) is 5.92 Å². The summed E-state index contributed by atoms with van der Waals surface area (Å²) < 4.78 is 0. The first-order valence-electron chi connectivity index (χ1n) is 6.57. The second-order valence-corrected chi connectivity index (χ2v) is 4.95. The molecule has 1 saturated heterocycles. The summed E-state index contributed by atoms with van der Waals surface area (Å²) in [7, 11) is 0. The van der Waals surface area contributed by atoms with Gasteiger partial charge in [-0.05, 0) is 24.5 Å². The molecule has 1 aromatic heterocycles. The topological polar surface area (TPSA) is 70.5 Å². The maximum Gasteiger partial charge on any atom is 0.354 e. The number of rotatable bonds is 5. The summed E-state index contributed by atoms with van der Waals surface area (Å²) in [6.07, 6.45) is 2.75. The predicted octanol–water partition coefficient (Wildman–Crippen LogP) is 1.93. The minimum absolute atomic E-state index is 0.0225. The second-order valence-electron chi connectivity index (χ2n) is 4.95. The lowest BCUT2D eigenvalue weighted by atomic mass is 10.0. The lowest BCUT2D eigenvalue weighted by Crippen LogP contribution is -2.25. The summed E-state index contributed by atoms with van der Waals surface area (Å²) >= 11 is 0. The van der Waals surface area contributed by atoms with Crippen LogP contribution in [0.5, 0.6) is 0 Å². The molecule has 2 rings (SSSR count). The molecule has 0 aromatic carbocycles. The number of amides is 1. The summed E-state index contributed by atoms with van der Waals surface area (Å²) in [4.78, 5) is 28.5. The third-order valence-corrected chi connectivity index (χ3v) is 3.37. The molecule has 1 aliphatic rings. The Kier molecular flexibility index (Phi) is 4.14. The number of hydrogen-bond donors (Lipinski definition) is 1. The highest BCUT2D eigenvalue weighted by atomic mass is 16.4. The number of carbonyl (C=O) groups excluding carboxylic acids is 1. The number of aromatic carboxylic acids is 1. The number of carboxylic acids is 1. The van der Waals surface area contributed by atoms with E-state index in [-0.39, 0.29) is 11.6 Å². The van der Waals surface area contributed by atoms with Gasteiger partial charge in [0.05, 0.1) is 12.2 Å². The fourth-order valence-electron chi connectivity index (χ4n) is 2.49. The smallest absolute Gasteiger partial charge is 0.354 e. The first-order valence-corrected chi connectivity index (χ1v) is 6.57. The van der Waals surface area contributed by atoms with Crippen molar-refractivity contribution in [1.29, 1.82) is 0 Å². The highest BCUT2D eigenvalue weighted by Gasteiger charge is 2.28. The third kappa shape index (κ3) is 3.30. The fraction of sp³-hybridized carbons (Fsp3) is 0.500. The van der Waals surface area contributed by atoms with Crippen LogP contribution in [0.3, 0.4) is 0 Å². The van der Waals surface area contributed by atoms with Gasteiger partial charge in [-0.15, -0.1) is 0 Å². The average molecular weight is 262 g/mol. The normalized spacial score (nSPS) is 18.9. The van der Waals surface area contributed by atoms with Crippen LogP contribution in [0.15, 0.2) is 18.2 Å². The van der Waals surface area contributed by atoms with E-state index in [1.807, 2.05) is 0 Å². The van der Waals surface area contributed by atoms with Gasteiger partial charge in [-0.25, -0.2) is 9.78 Å². The molecule has 0 aliphatic carbocycles. The Hall–Kier alpha value is -1.91. The number of aromatic nitrogens is 1. The lowest BCUT2D eigenvalue weighted by Gasteiger charge is -2.16. The van der Waals surface area contributed by atoms with Crippen LogP contribution in [0.25, 0.3) is 0 Å². The highest BCUT2D eigenvalue weighted by Crippen LogP contribution is 2.23. The van der Waals surface area contributed by atoms with Gasteiger partial charge in [-0.1, -0.05) is 19.4 Å². The molecule has 1 aliphatic heterocycles. The van der Waals surface area contributed by atoms with Crippen LogP contribution in [0, 0.1) is 5.92 Å². The van der Waals surface area contributed by atoms with E-state index < -0.39 is 5.97 Å². The molecule has 2 heterocycles. The van der Waals surface area contributed by atoms with Gasteiger partial charge in [0.15, 0.2) is 0 Å². The molecular weight excluding hydrogens is 244 g/mol. The summed E-state index contributed by atoms with van der Waals surface area (Å²) in [6.45, 7) is 3.27. The Morgan fingerprint density at radius 3 is 3.00 bits per heavy atom. The zero-order valence-electron chi connectivity index (χ0n) is 11.0. The van der Waals surface area contributed by atoms with Crippen molar-refractivity contribution < 1.29 is 14.7 Å². The molecule has 1 atom stereocenters. The van der Waals surface area contributed by atoms with Gasteiger partial charge in [0.25, 0.3) is 0 Å². The van der Waals surface area contributed by atoms with Crippen LogP contribution in [-0.2, 0) is 11.3 Å². The molecule has 1 unspecified atom stereocenters. The van der Waals surface area contributed by atoms with Gasteiger partial charge < -0.3 is 10.0 Å². The van der Waals surface area contributed by atoms with E-state index in [1.165, 1.54) is 6.07 Å². The summed E-state index contributed by atoms with van der Waals surface area (Å²) in [5.41, 5.74) is 0.652. The SMILES string of the molecule is CCCC1CC(=O)N(Cc2cccc(C(=O)O)n2)C1. The maximum atomic E-state index is 11.9. The van der Waals surface area contributed by atoms with E-state index in [0.717, 1.165) is 19.4 Å². The van der Waals surface area contributed by atoms with Crippen molar-refractivity contribution >= 4 is 11.9 Å². The first kappa shape index (κ1) is 13.5. The Labute approximate surface area is 112 Å². The summed E-state index contributed by atoms with van der Waals surface area (Å²) in [6, 6.07) is 4.88. The second kappa shape index (κ2) is 5.82. The third-order valence-electron chi connectivity index (χ3n) is 3.37. The van der Waals surface area contributed by atoms with Crippen LogP contribution in [0.2, 0.25) is 0 Å². The van der Waals surface area contributed by atoms with Gasteiger partial charge >= 0.3 is 5.97 Å². The molecule has 0 spiro atoms. The molecule has 1 aromatic rings. The summed E-state index contributed by atoms with van der Waals surface area (Å²) in [5, 5.41) is 8.89. The number of pyridine rings is 1. The van der Waals surface area contributed by atoms with E-state index in [9.17, 15) is 9.59 Å². The van der Waals surface area contributed by atoms with Gasteiger partial charge in [0.2, 0.25) is 5.91 Å². The van der Waals surface area contributed by atoms with Crippen LogP contribution in [-0.4, -0.2) is 33.4 Å². The monoisotopic (exact) mass is 262 g/mol. The Morgan fingerprint density at radius 2 is 2.32 bits per heavy atom. The first-order chi connectivity index (χ1) is 9.10. The van der Waals surface area contributed by atoms with Crippen molar-refractivity contribution in [2.75, 3.05) is 6.54 Å². The van der Waals surface area contributed by atoms with E-state index >= 15 is 0 Å². The Morgan fingerprint density at radius 1 is 1.53 bits per heavy atom. The van der Waals surface area contributed by atoms with Crippen LogP contribution in [0.1, 0.15) is 42.4 Å². The molecule has 0 bridgehead atoms. The van der Waals surface area contributed by atoms with Crippen LogP contribution < -0.4 is 0 Å². The van der Waals surface area contributed by atoms with Crippen molar-refractivity contribution in [3.8, 4) is 0 Å². The summed E-state index contributed by atoms with van der Waals surface area (Å²) in [5.74, 6) is -0.473. The zero-order valence-corrected chi connectivity index (χ0v) is 11.0. The van der Waals surface area contributed by atoms with Gasteiger partial charge in [0, 0.05) is 13.0 Å². The molecule has 102 valence electrons. The largest absolute Gasteiger partial charge is 0.477 e. The number of hydrogen-bond acceptors (Lipinski definition) is 3. The Balaban J connectivity index is 2.03. The molecule has 19 heavy (non-hydrogen) atoms. The van der Waals surface area contributed by atoms with Gasteiger partial charge in [0.1, 0.15) is 5.69 Å². The molecule has 5 nitrogen and oxygen atoms in total. The minimum Gasteiger partial charge on any atom is -0.477 e. The minimum atomic E-state index is -1.04. The van der Waals surface area contributed by atoms with Crippen molar-refractivity contribution in [3.63, 3.8) is 0 Å². The number of carboxylic acid groups (broad SMARTS) is 1. The van der Waals surface area contributed by atoms with Crippen LogP contribution in [0.4, 0.5) is 0 Å². The molecule has 1 fully saturated rings. The van der Waals surface area contributed by atoms with Crippen molar-refractivity contribution in [3.05, 3.63) is 29.6 Å². The molecular formula is C14H18N2O3. The van der Waals surface area contributed by atoms with Gasteiger partial charge in [-0.3, -0.25) is 4.79 Å². The molecule has 1 amide bonds. The molecule has 5 heteroatoms.